The maximum absolute atomic E-state index is 10.9. The predicted molar refractivity (Wildman–Crippen MR) is 105 cm³/mol. The van der Waals surface area contributed by atoms with E-state index >= 15 is 0 Å². The van der Waals surface area contributed by atoms with Gasteiger partial charge in [-0.25, -0.2) is 0 Å². The van der Waals surface area contributed by atoms with Crippen molar-refractivity contribution < 1.29 is 15.0 Å². The highest BCUT2D eigenvalue weighted by molar-refractivity contribution is 5.64. The lowest BCUT2D eigenvalue weighted by Gasteiger charge is -2.61. The number of aliphatic carboxylic acids is 1. The number of carbonyl (C=O) groups is 1. The molecule has 0 saturated heterocycles. The highest BCUT2D eigenvalue weighted by Gasteiger charge is 2.60. The molecule has 0 aromatic heterocycles. The van der Waals surface area contributed by atoms with Gasteiger partial charge < -0.3 is 15.0 Å². The Hall–Kier alpha value is -0.570. The van der Waals surface area contributed by atoms with Crippen LogP contribution in [0.25, 0.3) is 0 Å². The van der Waals surface area contributed by atoms with Gasteiger partial charge in [-0.05, 0) is 117 Å². The smallest absolute Gasteiger partial charge is 0.0543 e. The van der Waals surface area contributed by atoms with Gasteiger partial charge in [0.2, 0.25) is 0 Å². The van der Waals surface area contributed by atoms with E-state index in [1.165, 1.54) is 44.9 Å². The molecule has 0 spiro atoms. The normalized spacial score (nSPS) is 50.4. The lowest BCUT2D eigenvalue weighted by atomic mass is 9.44. The standard InChI is InChI=1S/C24H40O3/c1-15(4-9-22(26)27)19-7-8-20-18-6-5-16-14-17(25)10-12-23(16,2)21(18)11-13-24(19,20)3/h15-21,25H,4-14H2,1-3H3,(H,26,27)/p-1/t15-,16+,17+,18+,19+,20-,21+,23+,24-/m1/s1. The topological polar surface area (TPSA) is 60.4 Å². The molecule has 1 N–H and O–H groups in total. The van der Waals surface area contributed by atoms with Gasteiger partial charge in [-0.3, -0.25) is 0 Å². The van der Waals surface area contributed by atoms with E-state index < -0.39 is 5.97 Å². The summed E-state index contributed by atoms with van der Waals surface area (Å²) in [5, 5.41) is 21.1. The number of aliphatic hydroxyl groups is 1. The molecule has 4 rings (SSSR count). The molecule has 0 unspecified atom stereocenters. The Bertz CT molecular complexity index is 574. The first-order chi connectivity index (χ1) is 12.8. The minimum absolute atomic E-state index is 0.0612. The molecule has 0 aromatic carbocycles. The minimum Gasteiger partial charge on any atom is -0.550 e. The highest BCUT2D eigenvalue weighted by atomic mass is 16.4. The zero-order chi connectivity index (χ0) is 19.4. The van der Waals surface area contributed by atoms with Crippen molar-refractivity contribution in [3.63, 3.8) is 0 Å². The van der Waals surface area contributed by atoms with Crippen LogP contribution in [0.3, 0.4) is 0 Å². The maximum Gasteiger partial charge on any atom is 0.0543 e. The molecule has 3 nitrogen and oxygen atoms in total. The summed E-state index contributed by atoms with van der Waals surface area (Å²) in [5.74, 6) is 3.55. The van der Waals surface area contributed by atoms with E-state index in [0.717, 1.165) is 42.9 Å². The van der Waals surface area contributed by atoms with Gasteiger partial charge in [-0.2, -0.15) is 0 Å². The number of carboxylic acids is 1. The van der Waals surface area contributed by atoms with E-state index in [1.807, 2.05) is 0 Å². The van der Waals surface area contributed by atoms with Crippen molar-refractivity contribution in [3.05, 3.63) is 0 Å². The molecule has 0 bridgehead atoms. The van der Waals surface area contributed by atoms with E-state index in [-0.39, 0.29) is 12.5 Å². The molecule has 3 heteroatoms. The van der Waals surface area contributed by atoms with Crippen LogP contribution in [0.1, 0.15) is 91.4 Å². The SMILES string of the molecule is C[C@H](CCC(=O)[O-])[C@@H]1CC[C@@H]2[C@@H]3CC[C@H]4C[C@@H](O)CC[C@]4(C)[C@H]3CC[C@@]21C. The van der Waals surface area contributed by atoms with Gasteiger partial charge in [0, 0.05) is 5.97 Å². The summed E-state index contributed by atoms with van der Waals surface area (Å²) in [6.07, 6.45) is 12.2. The Labute approximate surface area is 165 Å². The second-order valence-electron chi connectivity index (χ2n) is 11.2. The third-order valence-electron chi connectivity index (χ3n) is 10.2. The van der Waals surface area contributed by atoms with Crippen molar-refractivity contribution in [2.75, 3.05) is 0 Å². The summed E-state index contributed by atoms with van der Waals surface area (Å²) in [6, 6.07) is 0. The van der Waals surface area contributed by atoms with Crippen LogP contribution in [-0.4, -0.2) is 17.2 Å². The first-order valence-corrected chi connectivity index (χ1v) is 11.6. The third-order valence-corrected chi connectivity index (χ3v) is 10.2. The third kappa shape index (κ3) is 3.16. The maximum atomic E-state index is 10.9. The molecule has 0 heterocycles. The number of rotatable bonds is 4. The largest absolute Gasteiger partial charge is 0.550 e. The highest BCUT2D eigenvalue weighted by Crippen LogP contribution is 2.68. The summed E-state index contributed by atoms with van der Waals surface area (Å²) in [4.78, 5) is 10.9. The predicted octanol–water partition coefficient (Wildman–Crippen LogP) is 4.17. The molecule has 27 heavy (non-hydrogen) atoms. The Balaban J connectivity index is 1.51. The fourth-order valence-electron chi connectivity index (χ4n) is 8.76. The van der Waals surface area contributed by atoms with Crippen molar-refractivity contribution in [2.24, 2.45) is 46.3 Å². The average molecular weight is 376 g/mol. The minimum atomic E-state index is -0.893. The molecule has 0 aromatic rings. The van der Waals surface area contributed by atoms with E-state index in [9.17, 15) is 15.0 Å². The van der Waals surface area contributed by atoms with E-state index in [1.54, 1.807) is 0 Å². The number of carbonyl (C=O) groups excluding carboxylic acids is 1. The number of fused-ring (bicyclic) bond motifs is 5. The van der Waals surface area contributed by atoms with Crippen LogP contribution < -0.4 is 5.11 Å². The van der Waals surface area contributed by atoms with Crippen LogP contribution in [0.5, 0.6) is 0 Å². The zero-order valence-corrected chi connectivity index (χ0v) is 17.6. The first-order valence-electron chi connectivity index (χ1n) is 11.6. The Kier molecular flexibility index (Phi) is 5.15. The zero-order valence-electron chi connectivity index (χ0n) is 17.6. The van der Waals surface area contributed by atoms with Crippen molar-refractivity contribution in [3.8, 4) is 0 Å². The fourth-order valence-corrected chi connectivity index (χ4v) is 8.76. The molecule has 4 aliphatic rings. The number of hydrogen-bond acceptors (Lipinski definition) is 3. The summed E-state index contributed by atoms with van der Waals surface area (Å²) >= 11 is 0. The Morgan fingerprint density at radius 1 is 1.04 bits per heavy atom. The van der Waals surface area contributed by atoms with Crippen molar-refractivity contribution in [1.82, 2.24) is 0 Å². The van der Waals surface area contributed by atoms with Gasteiger partial charge in [0.1, 0.15) is 0 Å². The molecule has 4 fully saturated rings. The van der Waals surface area contributed by atoms with Gasteiger partial charge in [-0.1, -0.05) is 20.8 Å². The molecule has 9 atom stereocenters. The second kappa shape index (κ2) is 7.04. The molecule has 0 amide bonds. The summed E-state index contributed by atoms with van der Waals surface area (Å²) in [5.41, 5.74) is 0.853. The first kappa shape index (κ1) is 19.7. The van der Waals surface area contributed by atoms with Crippen LogP contribution in [-0.2, 0) is 4.79 Å². The molecular weight excluding hydrogens is 336 g/mol. The van der Waals surface area contributed by atoms with Crippen LogP contribution >= 0.6 is 0 Å². The molecule has 4 aliphatic carbocycles. The summed E-state index contributed by atoms with van der Waals surface area (Å²) < 4.78 is 0. The Morgan fingerprint density at radius 2 is 1.74 bits per heavy atom. The number of aliphatic hydroxyl groups excluding tert-OH is 1. The van der Waals surface area contributed by atoms with Crippen LogP contribution in [0.4, 0.5) is 0 Å². The molecule has 0 aliphatic heterocycles. The fraction of sp³-hybridized carbons (Fsp3) is 0.958. The summed E-state index contributed by atoms with van der Waals surface area (Å²) in [7, 11) is 0. The summed E-state index contributed by atoms with van der Waals surface area (Å²) in [6.45, 7) is 7.38. The Morgan fingerprint density at radius 3 is 2.48 bits per heavy atom. The second-order valence-corrected chi connectivity index (χ2v) is 11.2. The average Bonchev–Trinajstić information content (AvgIpc) is 2.97. The van der Waals surface area contributed by atoms with Gasteiger partial charge in [0.05, 0.1) is 6.10 Å². The van der Waals surface area contributed by atoms with Gasteiger partial charge in [0.25, 0.3) is 0 Å². The van der Waals surface area contributed by atoms with Crippen LogP contribution in [0.15, 0.2) is 0 Å². The van der Waals surface area contributed by atoms with Crippen molar-refractivity contribution >= 4 is 5.97 Å². The van der Waals surface area contributed by atoms with Crippen LogP contribution in [0.2, 0.25) is 0 Å². The monoisotopic (exact) mass is 375 g/mol. The molecule has 0 radical (unpaired) electrons. The lowest BCUT2D eigenvalue weighted by Crippen LogP contribution is -2.54. The molecule has 4 saturated carbocycles. The quantitative estimate of drug-likeness (QED) is 0.802. The number of carboxylic acid groups (broad SMARTS) is 1. The number of hydrogen-bond donors (Lipinski definition) is 1. The van der Waals surface area contributed by atoms with Crippen LogP contribution in [0, 0.1) is 46.3 Å². The lowest BCUT2D eigenvalue weighted by molar-refractivity contribution is -0.306. The van der Waals surface area contributed by atoms with Gasteiger partial charge in [-0.15, -0.1) is 0 Å². The van der Waals surface area contributed by atoms with Gasteiger partial charge in [0.15, 0.2) is 0 Å². The van der Waals surface area contributed by atoms with E-state index in [2.05, 4.69) is 20.8 Å². The van der Waals surface area contributed by atoms with E-state index in [4.69, 9.17) is 0 Å². The van der Waals surface area contributed by atoms with Crippen molar-refractivity contribution in [2.45, 2.75) is 97.5 Å². The molecular formula is C24H39O3-. The van der Waals surface area contributed by atoms with Crippen molar-refractivity contribution in [1.29, 1.82) is 0 Å². The van der Waals surface area contributed by atoms with E-state index in [0.29, 0.717) is 22.7 Å². The van der Waals surface area contributed by atoms with Gasteiger partial charge >= 0.3 is 0 Å². The molecule has 154 valence electrons.